The summed E-state index contributed by atoms with van der Waals surface area (Å²) in [6, 6.07) is 23.6. The van der Waals surface area contributed by atoms with Gasteiger partial charge in [-0.25, -0.2) is 4.39 Å². The molecule has 0 aromatic heterocycles. The van der Waals surface area contributed by atoms with Crippen LogP contribution < -0.4 is 10.5 Å². The molecule has 1 aliphatic rings. The van der Waals surface area contributed by atoms with Gasteiger partial charge in [0.05, 0.1) is 33.3 Å². The Morgan fingerprint density at radius 1 is 1.00 bits per heavy atom. The molecule has 0 aliphatic carbocycles. The zero-order valence-corrected chi connectivity index (χ0v) is 19.4. The minimum atomic E-state index is -0.957. The van der Waals surface area contributed by atoms with Crippen LogP contribution in [0, 0.1) is 17.6 Å². The Kier molecular flexibility index (Phi) is 6.98. The van der Waals surface area contributed by atoms with E-state index in [1.807, 2.05) is 60.7 Å². The van der Waals surface area contributed by atoms with E-state index in [1.54, 1.807) is 0 Å². The fraction of sp³-hybridized carbons (Fsp3) is 0.321. The number of quaternary nitrogens is 1. The van der Waals surface area contributed by atoms with Crippen molar-refractivity contribution in [2.45, 2.75) is 18.3 Å². The second kappa shape index (κ2) is 9.94. The average Bonchev–Trinajstić information content (AvgIpc) is 3.23. The number of carbonyl (C=O) groups excluding carboxylic acids is 1. The van der Waals surface area contributed by atoms with Crippen molar-refractivity contribution in [3.63, 3.8) is 0 Å². The van der Waals surface area contributed by atoms with Gasteiger partial charge in [-0.1, -0.05) is 66.7 Å². The van der Waals surface area contributed by atoms with Gasteiger partial charge in [-0.2, -0.15) is 4.39 Å². The van der Waals surface area contributed by atoms with E-state index in [9.17, 15) is 13.6 Å². The average molecular weight is 466 g/mol. The molecule has 178 valence electrons. The molecule has 1 unspecified atom stereocenters. The van der Waals surface area contributed by atoms with Gasteiger partial charge in [0, 0.05) is 18.8 Å². The van der Waals surface area contributed by atoms with Crippen LogP contribution in [0.4, 0.5) is 8.78 Å². The molecule has 1 fully saturated rings. The number of benzene rings is 3. The standard InChI is InChI=1S/C28H30F2N2O2/c1-32(17-9-19-34-25-15-8-14-24(29)26(25)30)18-16-23(20-32)28(27(31)33,21-10-4-2-5-11-21)22-12-6-3-7-13-22/h2-8,10-15,23H,9,16-20H2,1H3,(H-,31,33)/p+1/t23?,32-/m1/s1. The zero-order chi connectivity index (χ0) is 24.2. The molecule has 0 bridgehead atoms. The van der Waals surface area contributed by atoms with Crippen LogP contribution in [0.3, 0.4) is 0 Å². The molecule has 0 saturated carbocycles. The Morgan fingerprint density at radius 2 is 1.62 bits per heavy atom. The number of carbonyl (C=O) groups is 1. The van der Waals surface area contributed by atoms with E-state index in [-0.39, 0.29) is 24.2 Å². The van der Waals surface area contributed by atoms with Gasteiger partial charge < -0.3 is 15.0 Å². The predicted octanol–water partition coefficient (Wildman–Crippen LogP) is 4.67. The summed E-state index contributed by atoms with van der Waals surface area (Å²) >= 11 is 0. The van der Waals surface area contributed by atoms with Gasteiger partial charge >= 0.3 is 0 Å². The van der Waals surface area contributed by atoms with Crippen molar-refractivity contribution in [3.8, 4) is 5.75 Å². The van der Waals surface area contributed by atoms with E-state index < -0.39 is 17.0 Å². The van der Waals surface area contributed by atoms with Crippen molar-refractivity contribution >= 4 is 5.91 Å². The third kappa shape index (κ3) is 4.55. The largest absolute Gasteiger partial charge is 0.490 e. The van der Waals surface area contributed by atoms with E-state index in [0.717, 1.165) is 47.7 Å². The second-order valence-electron chi connectivity index (χ2n) is 9.39. The molecule has 3 aromatic rings. The molecule has 4 nitrogen and oxygen atoms in total. The predicted molar refractivity (Wildman–Crippen MR) is 128 cm³/mol. The fourth-order valence-electron chi connectivity index (χ4n) is 5.49. The summed E-state index contributed by atoms with van der Waals surface area (Å²) in [7, 11) is 2.17. The van der Waals surface area contributed by atoms with Crippen LogP contribution in [0.5, 0.6) is 5.75 Å². The number of rotatable bonds is 9. The maximum atomic E-state index is 13.8. The van der Waals surface area contributed by atoms with Gasteiger partial charge in [0.25, 0.3) is 0 Å². The molecule has 1 aliphatic heterocycles. The third-order valence-electron chi connectivity index (χ3n) is 7.15. The summed E-state index contributed by atoms with van der Waals surface area (Å²) in [5.41, 5.74) is 7.10. The normalized spacial score (nSPS) is 20.3. The van der Waals surface area contributed by atoms with Crippen molar-refractivity contribution in [2.75, 3.05) is 33.3 Å². The lowest BCUT2D eigenvalue weighted by Gasteiger charge is -2.38. The third-order valence-corrected chi connectivity index (χ3v) is 7.15. The summed E-state index contributed by atoms with van der Waals surface area (Å²) in [5, 5.41) is 0. The van der Waals surface area contributed by atoms with Gasteiger partial charge in [-0.3, -0.25) is 4.79 Å². The lowest BCUT2D eigenvalue weighted by Crippen LogP contribution is -2.51. The van der Waals surface area contributed by atoms with Gasteiger partial charge in [-0.15, -0.1) is 0 Å². The summed E-state index contributed by atoms with van der Waals surface area (Å²) in [6.45, 7) is 2.76. The number of nitrogens with two attached hydrogens (primary N) is 1. The number of halogens is 2. The van der Waals surface area contributed by atoms with Crippen LogP contribution in [-0.2, 0) is 10.2 Å². The monoisotopic (exact) mass is 465 g/mol. The van der Waals surface area contributed by atoms with Crippen LogP contribution in [0.25, 0.3) is 0 Å². The molecular formula is C28H31F2N2O2+. The molecular weight excluding hydrogens is 434 g/mol. The highest BCUT2D eigenvalue weighted by Gasteiger charge is 2.53. The highest BCUT2D eigenvalue weighted by molar-refractivity contribution is 5.91. The lowest BCUT2D eigenvalue weighted by molar-refractivity contribution is -0.899. The minimum absolute atomic E-state index is 0.0291. The molecule has 0 radical (unpaired) electrons. The first kappa shape index (κ1) is 23.9. The van der Waals surface area contributed by atoms with Crippen LogP contribution in [0.2, 0.25) is 0 Å². The SMILES string of the molecule is C[N@@+]1(CCCOc2cccc(F)c2F)CCC(C(C(N)=O)(c2ccccc2)c2ccccc2)C1. The lowest BCUT2D eigenvalue weighted by atomic mass is 9.64. The van der Waals surface area contributed by atoms with E-state index >= 15 is 0 Å². The van der Waals surface area contributed by atoms with Crippen LogP contribution in [0.1, 0.15) is 24.0 Å². The Hall–Kier alpha value is -3.25. The molecule has 1 heterocycles. The van der Waals surface area contributed by atoms with Crippen molar-refractivity contribution in [3.05, 3.63) is 102 Å². The van der Waals surface area contributed by atoms with Crippen LogP contribution in [0.15, 0.2) is 78.9 Å². The fourth-order valence-corrected chi connectivity index (χ4v) is 5.49. The first-order valence-corrected chi connectivity index (χ1v) is 11.7. The highest BCUT2D eigenvalue weighted by Crippen LogP contribution is 2.45. The Bertz CT molecular complexity index is 1080. The molecule has 2 atom stereocenters. The maximum Gasteiger partial charge on any atom is 0.233 e. The Morgan fingerprint density at radius 3 is 2.21 bits per heavy atom. The summed E-state index contributed by atoms with van der Waals surface area (Å²) in [4.78, 5) is 13.2. The van der Waals surface area contributed by atoms with Crippen molar-refractivity contribution < 1.29 is 22.8 Å². The van der Waals surface area contributed by atoms with Gasteiger partial charge in [0.2, 0.25) is 11.7 Å². The molecule has 3 aromatic carbocycles. The van der Waals surface area contributed by atoms with Gasteiger partial charge in [-0.05, 0) is 23.3 Å². The first-order valence-electron chi connectivity index (χ1n) is 11.7. The summed E-state index contributed by atoms with van der Waals surface area (Å²) in [6.07, 6.45) is 1.53. The molecule has 0 spiro atoms. The Balaban J connectivity index is 1.51. The van der Waals surface area contributed by atoms with Gasteiger partial charge in [0.15, 0.2) is 11.6 Å². The molecule has 34 heavy (non-hydrogen) atoms. The van der Waals surface area contributed by atoms with Crippen molar-refractivity contribution in [1.82, 2.24) is 0 Å². The van der Waals surface area contributed by atoms with Crippen LogP contribution >= 0.6 is 0 Å². The summed E-state index contributed by atoms with van der Waals surface area (Å²) < 4.78 is 33.5. The molecule has 2 N–H and O–H groups in total. The number of likely N-dealkylation sites (tertiary alicyclic amines) is 1. The van der Waals surface area contributed by atoms with Crippen LogP contribution in [-0.4, -0.2) is 43.7 Å². The topological polar surface area (TPSA) is 52.3 Å². The summed E-state index contributed by atoms with van der Waals surface area (Å²) in [5.74, 6) is -2.25. The van der Waals surface area contributed by atoms with Gasteiger partial charge in [0.1, 0.15) is 5.41 Å². The second-order valence-corrected chi connectivity index (χ2v) is 9.39. The quantitative estimate of drug-likeness (QED) is 0.369. The number of primary amides is 1. The number of nitrogens with zero attached hydrogens (tertiary/aromatic N) is 1. The maximum absolute atomic E-state index is 13.8. The number of hydrogen-bond acceptors (Lipinski definition) is 2. The number of amides is 1. The molecule has 4 rings (SSSR count). The molecule has 6 heteroatoms. The highest BCUT2D eigenvalue weighted by atomic mass is 19.2. The molecule has 1 saturated heterocycles. The number of ether oxygens (including phenoxy) is 1. The van der Waals surface area contributed by atoms with E-state index in [4.69, 9.17) is 10.5 Å². The van der Waals surface area contributed by atoms with Crippen molar-refractivity contribution in [1.29, 1.82) is 0 Å². The zero-order valence-electron chi connectivity index (χ0n) is 19.4. The number of hydrogen-bond donors (Lipinski definition) is 1. The smallest absolute Gasteiger partial charge is 0.233 e. The van der Waals surface area contributed by atoms with E-state index in [1.165, 1.54) is 12.1 Å². The first-order chi connectivity index (χ1) is 16.4. The van der Waals surface area contributed by atoms with E-state index in [2.05, 4.69) is 7.05 Å². The molecule has 1 amide bonds. The minimum Gasteiger partial charge on any atom is -0.490 e. The van der Waals surface area contributed by atoms with E-state index in [0.29, 0.717) is 6.42 Å². The Labute approximate surface area is 199 Å². The van der Waals surface area contributed by atoms with Crippen molar-refractivity contribution in [2.24, 2.45) is 11.7 Å².